The van der Waals surface area contributed by atoms with Gasteiger partial charge in [-0.1, -0.05) is 22.0 Å². The van der Waals surface area contributed by atoms with Crippen LogP contribution in [-0.2, 0) is 11.2 Å². The van der Waals surface area contributed by atoms with E-state index in [1.807, 2.05) is 29.6 Å². The number of ketones is 1. The van der Waals surface area contributed by atoms with E-state index in [0.29, 0.717) is 28.4 Å². The first-order chi connectivity index (χ1) is 14.0. The third-order valence-electron chi connectivity index (χ3n) is 4.25. The Hall–Kier alpha value is -2.90. The molecule has 0 radical (unpaired) electrons. The number of benzene rings is 2. The molecule has 0 saturated carbocycles. The van der Waals surface area contributed by atoms with Crippen molar-refractivity contribution >= 4 is 45.1 Å². The van der Waals surface area contributed by atoms with Crippen molar-refractivity contribution in [3.63, 3.8) is 0 Å². The fourth-order valence-corrected chi connectivity index (χ4v) is 3.98. The topological polar surface area (TPSA) is 61.8 Å². The molecule has 1 aliphatic heterocycles. The van der Waals surface area contributed by atoms with Crippen molar-refractivity contribution in [2.24, 2.45) is 0 Å². The van der Waals surface area contributed by atoms with Crippen molar-refractivity contribution in [2.75, 3.05) is 7.11 Å². The molecule has 0 bridgehead atoms. The lowest BCUT2D eigenvalue weighted by Gasteiger charge is -2.06. The van der Waals surface area contributed by atoms with Crippen molar-refractivity contribution in [3.8, 4) is 17.2 Å². The van der Waals surface area contributed by atoms with E-state index in [0.717, 1.165) is 9.35 Å². The summed E-state index contributed by atoms with van der Waals surface area (Å²) >= 11 is 4.91. The van der Waals surface area contributed by atoms with Gasteiger partial charge in [0, 0.05) is 21.0 Å². The van der Waals surface area contributed by atoms with Crippen molar-refractivity contribution in [2.45, 2.75) is 6.42 Å². The summed E-state index contributed by atoms with van der Waals surface area (Å²) in [5, 5.41) is 1.91. The summed E-state index contributed by atoms with van der Waals surface area (Å²) in [5.74, 6) is 0.885. The van der Waals surface area contributed by atoms with E-state index in [-0.39, 0.29) is 23.9 Å². The fraction of sp³-hybridized carbons (Fsp3) is 0.0909. The van der Waals surface area contributed by atoms with Crippen LogP contribution >= 0.6 is 27.3 Å². The minimum atomic E-state index is -0.369. The molecule has 5 nitrogen and oxygen atoms in total. The van der Waals surface area contributed by atoms with Gasteiger partial charge in [-0.05, 0) is 47.9 Å². The van der Waals surface area contributed by atoms with E-state index in [9.17, 15) is 9.59 Å². The molecule has 0 spiro atoms. The molecule has 0 aliphatic carbocycles. The van der Waals surface area contributed by atoms with Crippen LogP contribution in [0.3, 0.4) is 0 Å². The zero-order valence-corrected chi connectivity index (χ0v) is 17.7. The fourth-order valence-electron chi connectivity index (χ4n) is 2.91. The van der Waals surface area contributed by atoms with Gasteiger partial charge in [-0.2, -0.15) is 0 Å². The van der Waals surface area contributed by atoms with Crippen LogP contribution in [0.15, 0.2) is 64.1 Å². The molecule has 2 heterocycles. The van der Waals surface area contributed by atoms with Crippen LogP contribution in [0, 0.1) is 0 Å². The first kappa shape index (κ1) is 19.4. The molecule has 3 aromatic rings. The average molecular weight is 471 g/mol. The number of hydrogen-bond donors (Lipinski definition) is 0. The monoisotopic (exact) mass is 470 g/mol. The molecule has 146 valence electrons. The second-order valence-electron chi connectivity index (χ2n) is 6.21. The summed E-state index contributed by atoms with van der Waals surface area (Å²) in [5.41, 5.74) is 1.13. The van der Waals surface area contributed by atoms with Crippen molar-refractivity contribution in [1.82, 2.24) is 0 Å². The number of esters is 1. The van der Waals surface area contributed by atoms with Gasteiger partial charge in [0.2, 0.25) is 5.78 Å². The molecule has 7 heteroatoms. The molecule has 4 rings (SSSR count). The summed E-state index contributed by atoms with van der Waals surface area (Å²) in [7, 11) is 1.56. The maximum Gasteiger partial charge on any atom is 0.316 e. The number of Topliss-reactive ketones (excluding diaryl/α,β-unsaturated/α-hetero) is 1. The molecule has 0 saturated heterocycles. The Bertz CT molecular complexity index is 1120. The maximum absolute atomic E-state index is 12.7. The molecule has 1 aliphatic rings. The average Bonchev–Trinajstić information content (AvgIpc) is 3.30. The molecule has 0 fully saturated rings. The Balaban J connectivity index is 1.54. The number of allylic oxidation sites excluding steroid dienone is 1. The van der Waals surface area contributed by atoms with Crippen molar-refractivity contribution < 1.29 is 23.8 Å². The smallest absolute Gasteiger partial charge is 0.316 e. The minimum absolute atomic E-state index is 0.179. The van der Waals surface area contributed by atoms with Gasteiger partial charge in [-0.3, -0.25) is 9.59 Å². The first-order valence-corrected chi connectivity index (χ1v) is 10.4. The van der Waals surface area contributed by atoms with Gasteiger partial charge in [-0.15, -0.1) is 11.3 Å². The predicted octanol–water partition coefficient (Wildman–Crippen LogP) is 5.28. The highest BCUT2D eigenvalue weighted by Gasteiger charge is 2.28. The van der Waals surface area contributed by atoms with Crippen molar-refractivity contribution in [3.05, 3.63) is 80.1 Å². The highest BCUT2D eigenvalue weighted by atomic mass is 79.9. The Kier molecular flexibility index (Phi) is 5.51. The Labute approximate surface area is 179 Å². The number of hydrogen-bond acceptors (Lipinski definition) is 6. The Morgan fingerprint density at radius 3 is 2.83 bits per heavy atom. The third kappa shape index (κ3) is 4.26. The number of ether oxygens (including phenoxy) is 3. The second-order valence-corrected chi connectivity index (χ2v) is 8.16. The summed E-state index contributed by atoms with van der Waals surface area (Å²) in [4.78, 5) is 25.7. The van der Waals surface area contributed by atoms with Crippen LogP contribution in [0.2, 0.25) is 0 Å². The SMILES string of the molecule is COc1ccc(Br)cc1/C=C1\Oc2cc(OC(=O)Cc3cccs3)ccc2C1=O. The van der Waals surface area contributed by atoms with E-state index < -0.39 is 0 Å². The molecule has 2 aromatic carbocycles. The second kappa shape index (κ2) is 8.23. The van der Waals surface area contributed by atoms with Crippen LogP contribution in [0.25, 0.3) is 6.08 Å². The maximum atomic E-state index is 12.7. The summed E-state index contributed by atoms with van der Waals surface area (Å²) in [6, 6.07) is 14.0. The quantitative estimate of drug-likeness (QED) is 0.288. The van der Waals surface area contributed by atoms with Gasteiger partial charge in [-0.25, -0.2) is 0 Å². The number of carbonyl (C=O) groups excluding carboxylic acids is 2. The largest absolute Gasteiger partial charge is 0.496 e. The highest BCUT2D eigenvalue weighted by molar-refractivity contribution is 9.10. The Morgan fingerprint density at radius 1 is 1.21 bits per heavy atom. The molecule has 0 amide bonds. The number of methoxy groups -OCH3 is 1. The molecule has 0 atom stereocenters. The molecule has 0 N–H and O–H groups in total. The van der Waals surface area contributed by atoms with Crippen LogP contribution < -0.4 is 14.2 Å². The number of carbonyl (C=O) groups is 2. The summed E-state index contributed by atoms with van der Waals surface area (Å²) < 4.78 is 17.3. The summed E-state index contributed by atoms with van der Waals surface area (Å²) in [6.07, 6.45) is 1.83. The number of rotatable bonds is 5. The molecular formula is C22H15BrO5S. The van der Waals surface area contributed by atoms with Gasteiger partial charge in [0.05, 0.1) is 19.1 Å². The first-order valence-electron chi connectivity index (χ1n) is 8.68. The van der Waals surface area contributed by atoms with Crippen molar-refractivity contribution in [1.29, 1.82) is 0 Å². The van der Waals surface area contributed by atoms with E-state index in [1.54, 1.807) is 37.5 Å². The lowest BCUT2D eigenvalue weighted by atomic mass is 10.1. The van der Waals surface area contributed by atoms with E-state index in [2.05, 4.69) is 15.9 Å². The standard InChI is InChI=1S/C22H15BrO5S/c1-26-18-7-4-14(23)9-13(18)10-20-22(25)17-6-5-15(11-19(17)28-20)27-21(24)12-16-3-2-8-29-16/h2-11H,12H2,1H3/b20-10-. The Morgan fingerprint density at radius 2 is 2.07 bits per heavy atom. The number of thiophene rings is 1. The third-order valence-corrected chi connectivity index (χ3v) is 5.62. The summed E-state index contributed by atoms with van der Waals surface area (Å²) in [6.45, 7) is 0. The van der Waals surface area contributed by atoms with Crippen LogP contribution in [0.1, 0.15) is 20.8 Å². The zero-order valence-electron chi connectivity index (χ0n) is 15.3. The van der Waals surface area contributed by atoms with E-state index in [4.69, 9.17) is 14.2 Å². The number of halogens is 1. The van der Waals surface area contributed by atoms with Crippen LogP contribution in [0.4, 0.5) is 0 Å². The van der Waals surface area contributed by atoms with Gasteiger partial charge < -0.3 is 14.2 Å². The van der Waals surface area contributed by atoms with Gasteiger partial charge in [0.1, 0.15) is 17.2 Å². The normalized spacial score (nSPS) is 13.9. The zero-order chi connectivity index (χ0) is 20.4. The molecule has 1 aromatic heterocycles. The molecular weight excluding hydrogens is 456 g/mol. The predicted molar refractivity (Wildman–Crippen MR) is 114 cm³/mol. The van der Waals surface area contributed by atoms with Gasteiger partial charge in [0.15, 0.2) is 5.76 Å². The lowest BCUT2D eigenvalue weighted by Crippen LogP contribution is -2.10. The number of fused-ring (bicyclic) bond motifs is 1. The highest BCUT2D eigenvalue weighted by Crippen LogP contribution is 2.36. The van der Waals surface area contributed by atoms with Gasteiger partial charge >= 0.3 is 5.97 Å². The molecule has 0 unspecified atom stereocenters. The van der Waals surface area contributed by atoms with Crippen LogP contribution in [-0.4, -0.2) is 18.9 Å². The molecule has 29 heavy (non-hydrogen) atoms. The minimum Gasteiger partial charge on any atom is -0.496 e. The van der Waals surface area contributed by atoms with E-state index in [1.165, 1.54) is 11.3 Å². The van der Waals surface area contributed by atoms with Gasteiger partial charge in [0.25, 0.3) is 0 Å². The van der Waals surface area contributed by atoms with Crippen LogP contribution in [0.5, 0.6) is 17.2 Å². The van der Waals surface area contributed by atoms with E-state index >= 15 is 0 Å². The lowest BCUT2D eigenvalue weighted by molar-refractivity contribution is -0.133.